The van der Waals surface area contributed by atoms with Crippen LogP contribution in [-0.2, 0) is 6.54 Å². The van der Waals surface area contributed by atoms with Crippen LogP contribution in [0.25, 0.3) is 0 Å². The Morgan fingerprint density at radius 2 is 2.23 bits per heavy atom. The molecule has 1 rings (SSSR count). The Balaban J connectivity index is 2.60. The summed E-state index contributed by atoms with van der Waals surface area (Å²) < 4.78 is 1.91. The maximum atomic E-state index is 4.17. The Morgan fingerprint density at radius 1 is 1.54 bits per heavy atom. The van der Waals surface area contributed by atoms with Crippen LogP contribution in [-0.4, -0.2) is 33.9 Å². The highest BCUT2D eigenvalue weighted by Crippen LogP contribution is 2.04. The van der Waals surface area contributed by atoms with Crippen LogP contribution in [0.4, 0.5) is 0 Å². The SMILES string of the molecule is CC(C)n1ncnc1CNN(C)C. The Labute approximate surface area is 78.7 Å². The molecule has 0 aliphatic rings. The molecule has 0 saturated carbocycles. The van der Waals surface area contributed by atoms with E-state index in [0.29, 0.717) is 12.6 Å². The summed E-state index contributed by atoms with van der Waals surface area (Å²) in [5, 5.41) is 6.04. The maximum absolute atomic E-state index is 4.17. The molecule has 74 valence electrons. The number of aromatic nitrogens is 3. The number of hydrazine groups is 1. The van der Waals surface area contributed by atoms with Gasteiger partial charge in [-0.1, -0.05) is 0 Å². The third kappa shape index (κ3) is 2.78. The van der Waals surface area contributed by atoms with E-state index in [1.807, 2.05) is 23.8 Å². The van der Waals surface area contributed by atoms with Crippen molar-refractivity contribution < 1.29 is 0 Å². The van der Waals surface area contributed by atoms with Crippen molar-refractivity contribution in [2.45, 2.75) is 26.4 Å². The monoisotopic (exact) mass is 183 g/mol. The molecule has 0 spiro atoms. The van der Waals surface area contributed by atoms with Crippen LogP contribution in [0.3, 0.4) is 0 Å². The van der Waals surface area contributed by atoms with Crippen LogP contribution in [0.15, 0.2) is 6.33 Å². The van der Waals surface area contributed by atoms with Crippen molar-refractivity contribution in [2.75, 3.05) is 14.1 Å². The molecular formula is C8H17N5. The summed E-state index contributed by atoms with van der Waals surface area (Å²) in [6, 6.07) is 0.362. The quantitative estimate of drug-likeness (QED) is 0.687. The molecule has 1 aromatic heterocycles. The first kappa shape index (κ1) is 10.1. The van der Waals surface area contributed by atoms with E-state index in [2.05, 4.69) is 29.4 Å². The third-order valence-electron chi connectivity index (χ3n) is 1.69. The van der Waals surface area contributed by atoms with E-state index in [1.54, 1.807) is 6.33 Å². The predicted octanol–water partition coefficient (Wildman–Crippen LogP) is 0.425. The molecule has 0 atom stereocenters. The molecule has 0 aromatic carbocycles. The average molecular weight is 183 g/mol. The molecule has 0 radical (unpaired) electrons. The summed E-state index contributed by atoms with van der Waals surface area (Å²) in [6.45, 7) is 4.90. The molecule has 0 unspecified atom stereocenters. The Morgan fingerprint density at radius 3 is 2.77 bits per heavy atom. The second-order valence-electron chi connectivity index (χ2n) is 3.44. The van der Waals surface area contributed by atoms with E-state index in [1.165, 1.54) is 0 Å². The lowest BCUT2D eigenvalue weighted by atomic mass is 10.4. The van der Waals surface area contributed by atoms with Gasteiger partial charge in [-0.2, -0.15) is 5.10 Å². The summed E-state index contributed by atoms with van der Waals surface area (Å²) in [6.07, 6.45) is 1.59. The van der Waals surface area contributed by atoms with Gasteiger partial charge in [0.1, 0.15) is 12.2 Å². The van der Waals surface area contributed by atoms with Gasteiger partial charge in [0.2, 0.25) is 0 Å². The van der Waals surface area contributed by atoms with Gasteiger partial charge in [-0.3, -0.25) is 5.01 Å². The summed E-state index contributed by atoms with van der Waals surface area (Å²) in [4.78, 5) is 4.17. The van der Waals surface area contributed by atoms with Crippen molar-refractivity contribution in [3.05, 3.63) is 12.2 Å². The fraction of sp³-hybridized carbons (Fsp3) is 0.750. The zero-order valence-corrected chi connectivity index (χ0v) is 8.65. The van der Waals surface area contributed by atoms with Crippen molar-refractivity contribution in [3.63, 3.8) is 0 Å². The normalized spacial score (nSPS) is 11.5. The molecule has 5 nitrogen and oxygen atoms in total. The van der Waals surface area contributed by atoms with E-state index in [0.717, 1.165) is 5.82 Å². The van der Waals surface area contributed by atoms with Crippen LogP contribution in [0.5, 0.6) is 0 Å². The van der Waals surface area contributed by atoms with Crippen molar-refractivity contribution in [3.8, 4) is 0 Å². The molecule has 0 amide bonds. The standard InChI is InChI=1S/C8H17N5/c1-7(2)13-8(9-6-11-13)5-10-12(3)4/h6-7,10H,5H2,1-4H3. The number of hydrogen-bond donors (Lipinski definition) is 1. The van der Waals surface area contributed by atoms with Gasteiger partial charge < -0.3 is 0 Å². The molecule has 5 heteroatoms. The maximum Gasteiger partial charge on any atom is 0.142 e. The van der Waals surface area contributed by atoms with Gasteiger partial charge >= 0.3 is 0 Å². The minimum Gasteiger partial charge on any atom is -0.250 e. The van der Waals surface area contributed by atoms with Gasteiger partial charge in [0.25, 0.3) is 0 Å². The van der Waals surface area contributed by atoms with Crippen molar-refractivity contribution in [2.24, 2.45) is 0 Å². The van der Waals surface area contributed by atoms with Gasteiger partial charge in [-0.05, 0) is 13.8 Å². The topological polar surface area (TPSA) is 46.0 Å². The Bertz CT molecular complexity index is 253. The number of nitrogens with zero attached hydrogens (tertiary/aromatic N) is 4. The van der Waals surface area contributed by atoms with Gasteiger partial charge in [0, 0.05) is 20.1 Å². The highest BCUT2D eigenvalue weighted by molar-refractivity contribution is 4.84. The minimum absolute atomic E-state index is 0.362. The molecule has 1 heterocycles. The summed E-state index contributed by atoms with van der Waals surface area (Å²) in [5.41, 5.74) is 3.15. The molecule has 13 heavy (non-hydrogen) atoms. The van der Waals surface area contributed by atoms with Crippen molar-refractivity contribution in [1.29, 1.82) is 0 Å². The van der Waals surface area contributed by atoms with Crippen molar-refractivity contribution in [1.82, 2.24) is 25.2 Å². The molecule has 0 aliphatic heterocycles. The lowest BCUT2D eigenvalue weighted by molar-refractivity contribution is 0.277. The lowest BCUT2D eigenvalue weighted by Crippen LogP contribution is -2.31. The van der Waals surface area contributed by atoms with Gasteiger partial charge in [0.15, 0.2) is 0 Å². The molecule has 1 aromatic rings. The predicted molar refractivity (Wildman–Crippen MR) is 50.9 cm³/mol. The van der Waals surface area contributed by atoms with Crippen LogP contribution >= 0.6 is 0 Å². The first-order valence-electron chi connectivity index (χ1n) is 4.40. The molecule has 0 fully saturated rings. The van der Waals surface area contributed by atoms with Crippen LogP contribution in [0.2, 0.25) is 0 Å². The van der Waals surface area contributed by atoms with Gasteiger partial charge in [0.05, 0.1) is 6.54 Å². The van der Waals surface area contributed by atoms with Crippen LogP contribution in [0.1, 0.15) is 25.7 Å². The number of hydrogen-bond acceptors (Lipinski definition) is 4. The highest BCUT2D eigenvalue weighted by atomic mass is 15.5. The Kier molecular flexibility index (Phi) is 3.39. The number of nitrogens with one attached hydrogen (secondary N) is 1. The summed E-state index contributed by atoms with van der Waals surface area (Å²) in [5.74, 6) is 0.962. The first-order valence-corrected chi connectivity index (χ1v) is 4.40. The molecule has 0 saturated heterocycles. The minimum atomic E-state index is 0.362. The highest BCUT2D eigenvalue weighted by Gasteiger charge is 2.06. The molecule has 0 bridgehead atoms. The summed E-state index contributed by atoms with van der Waals surface area (Å²) in [7, 11) is 3.91. The second kappa shape index (κ2) is 4.34. The Hall–Kier alpha value is -0.940. The zero-order valence-electron chi connectivity index (χ0n) is 8.65. The van der Waals surface area contributed by atoms with Crippen LogP contribution < -0.4 is 5.43 Å². The van der Waals surface area contributed by atoms with Gasteiger partial charge in [-0.25, -0.2) is 15.1 Å². The number of rotatable bonds is 4. The van der Waals surface area contributed by atoms with E-state index in [9.17, 15) is 0 Å². The fourth-order valence-electron chi connectivity index (χ4n) is 1.06. The third-order valence-corrected chi connectivity index (χ3v) is 1.69. The average Bonchev–Trinajstić information content (AvgIpc) is 2.47. The largest absolute Gasteiger partial charge is 0.250 e. The molecular weight excluding hydrogens is 166 g/mol. The zero-order chi connectivity index (χ0) is 9.84. The van der Waals surface area contributed by atoms with E-state index < -0.39 is 0 Å². The smallest absolute Gasteiger partial charge is 0.142 e. The first-order chi connectivity index (χ1) is 6.11. The van der Waals surface area contributed by atoms with E-state index in [4.69, 9.17) is 0 Å². The van der Waals surface area contributed by atoms with Gasteiger partial charge in [-0.15, -0.1) is 0 Å². The summed E-state index contributed by atoms with van der Waals surface area (Å²) >= 11 is 0. The van der Waals surface area contributed by atoms with E-state index >= 15 is 0 Å². The second-order valence-corrected chi connectivity index (χ2v) is 3.44. The van der Waals surface area contributed by atoms with Crippen LogP contribution in [0, 0.1) is 0 Å². The lowest BCUT2D eigenvalue weighted by Gasteiger charge is -2.13. The molecule has 1 N–H and O–H groups in total. The van der Waals surface area contributed by atoms with Crippen molar-refractivity contribution >= 4 is 0 Å². The molecule has 0 aliphatic carbocycles. The van der Waals surface area contributed by atoms with E-state index in [-0.39, 0.29) is 0 Å². The fourth-order valence-corrected chi connectivity index (χ4v) is 1.06.